The van der Waals surface area contributed by atoms with E-state index in [1.165, 1.54) is 0 Å². The standard InChI is InChI=1S/C16H24N2O3/c17-16(21)15(20)13-6-8-18(9-7-13)11-14(19)10-12-4-2-1-3-5-12/h1-5,13-15,19-20H,6-11H2,(H2,17,21)/t14-,15+/m1/s1. The summed E-state index contributed by atoms with van der Waals surface area (Å²) in [4.78, 5) is 13.2. The summed E-state index contributed by atoms with van der Waals surface area (Å²) in [6.07, 6.45) is 0.682. The van der Waals surface area contributed by atoms with Crippen molar-refractivity contribution in [2.45, 2.75) is 31.5 Å². The van der Waals surface area contributed by atoms with E-state index in [0.29, 0.717) is 13.0 Å². The number of primary amides is 1. The molecular formula is C16H24N2O3. The first-order valence-electron chi connectivity index (χ1n) is 7.48. The second-order valence-corrected chi connectivity index (χ2v) is 5.83. The largest absolute Gasteiger partial charge is 0.391 e. The molecule has 1 amide bonds. The highest BCUT2D eigenvalue weighted by Crippen LogP contribution is 2.21. The molecule has 5 nitrogen and oxygen atoms in total. The normalized spacial score (nSPS) is 20.1. The quantitative estimate of drug-likeness (QED) is 0.696. The van der Waals surface area contributed by atoms with Gasteiger partial charge in [-0.15, -0.1) is 0 Å². The molecule has 2 rings (SSSR count). The van der Waals surface area contributed by atoms with Crippen LogP contribution >= 0.6 is 0 Å². The average molecular weight is 292 g/mol. The number of likely N-dealkylation sites (tertiary alicyclic amines) is 1. The van der Waals surface area contributed by atoms with Crippen molar-refractivity contribution in [3.63, 3.8) is 0 Å². The van der Waals surface area contributed by atoms with E-state index >= 15 is 0 Å². The molecule has 1 aliphatic heterocycles. The van der Waals surface area contributed by atoms with Crippen LogP contribution in [0.25, 0.3) is 0 Å². The SMILES string of the molecule is NC(=O)[C@@H](O)C1CCN(C[C@H](O)Cc2ccccc2)CC1. The lowest BCUT2D eigenvalue weighted by Gasteiger charge is -2.34. The van der Waals surface area contributed by atoms with Crippen LogP contribution in [-0.2, 0) is 11.2 Å². The summed E-state index contributed by atoms with van der Waals surface area (Å²) in [7, 11) is 0. The van der Waals surface area contributed by atoms with Crippen molar-refractivity contribution in [2.24, 2.45) is 11.7 Å². The van der Waals surface area contributed by atoms with Crippen molar-refractivity contribution >= 4 is 5.91 Å². The lowest BCUT2D eigenvalue weighted by atomic mass is 9.90. The highest BCUT2D eigenvalue weighted by molar-refractivity contribution is 5.78. The summed E-state index contributed by atoms with van der Waals surface area (Å²) in [6, 6.07) is 9.93. The minimum atomic E-state index is -1.04. The van der Waals surface area contributed by atoms with Gasteiger partial charge in [-0.2, -0.15) is 0 Å². The summed E-state index contributed by atoms with van der Waals surface area (Å²) < 4.78 is 0. The molecule has 0 unspecified atom stereocenters. The molecule has 2 atom stereocenters. The van der Waals surface area contributed by atoms with Gasteiger partial charge in [-0.25, -0.2) is 0 Å². The first kappa shape index (κ1) is 15.9. The maximum atomic E-state index is 11.0. The van der Waals surface area contributed by atoms with E-state index in [9.17, 15) is 15.0 Å². The zero-order chi connectivity index (χ0) is 15.2. The van der Waals surface area contributed by atoms with E-state index in [2.05, 4.69) is 4.90 Å². The van der Waals surface area contributed by atoms with Crippen molar-refractivity contribution in [2.75, 3.05) is 19.6 Å². The Morgan fingerprint density at radius 2 is 1.86 bits per heavy atom. The number of piperidine rings is 1. The summed E-state index contributed by atoms with van der Waals surface area (Å²) in [5, 5.41) is 19.8. The molecule has 0 radical (unpaired) electrons. The zero-order valence-corrected chi connectivity index (χ0v) is 12.2. The van der Waals surface area contributed by atoms with E-state index < -0.39 is 18.1 Å². The van der Waals surface area contributed by atoms with Gasteiger partial charge >= 0.3 is 0 Å². The van der Waals surface area contributed by atoms with Crippen LogP contribution in [0.5, 0.6) is 0 Å². The lowest BCUT2D eigenvalue weighted by Crippen LogP contribution is -2.44. The maximum absolute atomic E-state index is 11.0. The van der Waals surface area contributed by atoms with E-state index in [0.717, 1.165) is 31.5 Å². The van der Waals surface area contributed by atoms with Crippen LogP contribution in [0.15, 0.2) is 30.3 Å². The fourth-order valence-corrected chi connectivity index (χ4v) is 2.93. The second-order valence-electron chi connectivity index (χ2n) is 5.83. The Bertz CT molecular complexity index is 444. The number of amides is 1. The molecule has 5 heteroatoms. The smallest absolute Gasteiger partial charge is 0.246 e. The monoisotopic (exact) mass is 292 g/mol. The minimum absolute atomic E-state index is 0.0509. The van der Waals surface area contributed by atoms with Crippen LogP contribution in [0, 0.1) is 5.92 Å². The average Bonchev–Trinajstić information content (AvgIpc) is 2.48. The molecule has 21 heavy (non-hydrogen) atoms. The number of benzene rings is 1. The first-order valence-corrected chi connectivity index (χ1v) is 7.48. The van der Waals surface area contributed by atoms with E-state index in [4.69, 9.17) is 5.73 Å². The van der Waals surface area contributed by atoms with Gasteiger partial charge in [-0.05, 0) is 43.8 Å². The van der Waals surface area contributed by atoms with Crippen LogP contribution in [0.1, 0.15) is 18.4 Å². The van der Waals surface area contributed by atoms with Gasteiger partial charge in [-0.3, -0.25) is 4.79 Å². The number of nitrogens with two attached hydrogens (primary N) is 1. The summed E-state index contributed by atoms with van der Waals surface area (Å²) in [5.74, 6) is -0.692. The molecular weight excluding hydrogens is 268 g/mol. The first-order chi connectivity index (χ1) is 10.1. The third-order valence-corrected chi connectivity index (χ3v) is 4.15. The van der Waals surface area contributed by atoms with Gasteiger partial charge in [0, 0.05) is 6.54 Å². The molecule has 0 bridgehead atoms. The number of β-amino-alcohol motifs (C(OH)–C–C–N with tert-alkyl or cyclic N) is 1. The molecule has 0 aromatic heterocycles. The van der Waals surface area contributed by atoms with Crippen molar-refractivity contribution in [1.29, 1.82) is 0 Å². The lowest BCUT2D eigenvalue weighted by molar-refractivity contribution is -0.129. The fourth-order valence-electron chi connectivity index (χ4n) is 2.93. The Morgan fingerprint density at radius 1 is 1.24 bits per heavy atom. The zero-order valence-electron chi connectivity index (χ0n) is 12.2. The van der Waals surface area contributed by atoms with Crippen LogP contribution in [-0.4, -0.2) is 52.9 Å². The van der Waals surface area contributed by atoms with Crippen molar-refractivity contribution in [3.05, 3.63) is 35.9 Å². The summed E-state index contributed by atoms with van der Waals surface area (Å²) in [6.45, 7) is 2.18. The maximum Gasteiger partial charge on any atom is 0.246 e. The Balaban J connectivity index is 1.74. The number of aliphatic hydroxyl groups excluding tert-OH is 2. The molecule has 116 valence electrons. The summed E-state index contributed by atoms with van der Waals surface area (Å²) >= 11 is 0. The van der Waals surface area contributed by atoms with Crippen LogP contribution in [0.4, 0.5) is 0 Å². The molecule has 0 spiro atoms. The van der Waals surface area contributed by atoms with Gasteiger partial charge < -0.3 is 20.8 Å². The number of hydrogen-bond acceptors (Lipinski definition) is 4. The minimum Gasteiger partial charge on any atom is -0.391 e. The molecule has 1 aromatic carbocycles. The second kappa shape index (κ2) is 7.54. The molecule has 0 saturated carbocycles. The predicted molar refractivity (Wildman–Crippen MR) is 80.5 cm³/mol. The number of carbonyl (C=O) groups is 1. The Labute approximate surface area is 125 Å². The topological polar surface area (TPSA) is 86.8 Å². The Kier molecular flexibility index (Phi) is 5.73. The molecule has 1 aliphatic rings. The highest BCUT2D eigenvalue weighted by Gasteiger charge is 2.28. The highest BCUT2D eigenvalue weighted by atomic mass is 16.3. The van der Waals surface area contributed by atoms with Gasteiger partial charge in [-0.1, -0.05) is 30.3 Å². The molecule has 0 aliphatic carbocycles. The molecule has 1 heterocycles. The van der Waals surface area contributed by atoms with Crippen molar-refractivity contribution < 1.29 is 15.0 Å². The van der Waals surface area contributed by atoms with E-state index in [-0.39, 0.29) is 5.92 Å². The van der Waals surface area contributed by atoms with Crippen molar-refractivity contribution in [1.82, 2.24) is 4.90 Å². The van der Waals surface area contributed by atoms with Gasteiger partial charge in [0.05, 0.1) is 6.10 Å². The predicted octanol–water partition coefficient (Wildman–Crippen LogP) is 0.148. The summed E-state index contributed by atoms with van der Waals surface area (Å²) in [5.41, 5.74) is 6.25. The fraction of sp³-hybridized carbons (Fsp3) is 0.562. The van der Waals surface area contributed by atoms with E-state index in [1.807, 2.05) is 30.3 Å². The number of aliphatic hydroxyl groups is 2. The van der Waals surface area contributed by atoms with Gasteiger partial charge in [0.1, 0.15) is 6.10 Å². The molecule has 4 N–H and O–H groups in total. The number of hydrogen-bond donors (Lipinski definition) is 3. The molecule has 1 fully saturated rings. The molecule has 1 aromatic rings. The van der Waals surface area contributed by atoms with E-state index in [1.54, 1.807) is 0 Å². The van der Waals surface area contributed by atoms with Crippen LogP contribution in [0.3, 0.4) is 0 Å². The van der Waals surface area contributed by atoms with Gasteiger partial charge in [0.25, 0.3) is 0 Å². The van der Waals surface area contributed by atoms with Crippen LogP contribution < -0.4 is 5.73 Å². The van der Waals surface area contributed by atoms with Crippen molar-refractivity contribution in [3.8, 4) is 0 Å². The third-order valence-electron chi connectivity index (χ3n) is 4.15. The Hall–Kier alpha value is -1.43. The van der Waals surface area contributed by atoms with Crippen LogP contribution in [0.2, 0.25) is 0 Å². The molecule has 1 saturated heterocycles. The Morgan fingerprint density at radius 3 is 2.43 bits per heavy atom. The third kappa shape index (κ3) is 4.81. The van der Waals surface area contributed by atoms with Gasteiger partial charge in [0.15, 0.2) is 0 Å². The number of nitrogens with zero attached hydrogens (tertiary/aromatic N) is 1. The van der Waals surface area contributed by atoms with Gasteiger partial charge in [0.2, 0.25) is 5.91 Å². The number of carbonyl (C=O) groups excluding carboxylic acids is 1. The number of rotatable bonds is 6.